The van der Waals surface area contributed by atoms with Gasteiger partial charge in [0.25, 0.3) is 0 Å². The first-order valence-electron chi connectivity index (χ1n) is 7.17. The third-order valence-electron chi connectivity index (χ3n) is 2.97. The Bertz CT molecular complexity index is 338. The minimum absolute atomic E-state index is 0.241. The van der Waals surface area contributed by atoms with E-state index in [-0.39, 0.29) is 5.75 Å². The molecule has 0 saturated heterocycles. The van der Waals surface area contributed by atoms with E-state index in [1.807, 2.05) is 18.7 Å². The van der Waals surface area contributed by atoms with Gasteiger partial charge in [0, 0.05) is 23.9 Å². The van der Waals surface area contributed by atoms with Gasteiger partial charge in [0.15, 0.2) is 4.32 Å². The minimum Gasteiger partial charge on any atom is -0.357 e. The van der Waals surface area contributed by atoms with Crippen LogP contribution in [0.2, 0.25) is 0 Å². The molecule has 0 aromatic carbocycles. The molecule has 0 N–H and O–H groups in total. The minimum atomic E-state index is -3.10. The average molecular weight is 326 g/mol. The van der Waals surface area contributed by atoms with Gasteiger partial charge in [-0.25, -0.2) is 8.42 Å². The number of unbranched alkanes of at least 4 members (excludes halogenated alkanes) is 5. The summed E-state index contributed by atoms with van der Waals surface area (Å²) in [5, 5.41) is 0. The van der Waals surface area contributed by atoms with Crippen LogP contribution in [-0.4, -0.2) is 36.5 Å². The summed E-state index contributed by atoms with van der Waals surface area (Å²) in [5.74, 6) is 0.241. The van der Waals surface area contributed by atoms with Gasteiger partial charge in [0.1, 0.15) is 0 Å². The van der Waals surface area contributed by atoms with Crippen molar-refractivity contribution in [2.24, 2.45) is 0 Å². The summed E-state index contributed by atoms with van der Waals surface area (Å²) >= 11 is 5.17. The molecule has 0 spiro atoms. The Hall–Kier alpha value is 0.190. The summed E-state index contributed by atoms with van der Waals surface area (Å²) < 4.78 is 24.3. The average Bonchev–Trinajstić information content (AvgIpc) is 2.34. The maximum atomic E-state index is 11.9. The summed E-state index contributed by atoms with van der Waals surface area (Å²) in [5.41, 5.74) is 0. The van der Waals surface area contributed by atoms with E-state index < -0.39 is 8.87 Å². The number of hydrogen-bond acceptors (Lipinski definition) is 4. The Kier molecular flexibility index (Phi) is 11.0. The van der Waals surface area contributed by atoms with Gasteiger partial charge in [-0.3, -0.25) is 0 Å². The Morgan fingerprint density at radius 1 is 1.00 bits per heavy atom. The number of hydrogen-bond donors (Lipinski definition) is 0. The smallest absolute Gasteiger partial charge is 0.208 e. The van der Waals surface area contributed by atoms with Gasteiger partial charge in [0.2, 0.25) is 8.87 Å². The molecule has 0 fully saturated rings. The van der Waals surface area contributed by atoms with Gasteiger partial charge in [-0.05, 0) is 20.3 Å². The fraction of sp³-hybridized carbons (Fsp3) is 0.923. The Labute approximate surface area is 127 Å². The third kappa shape index (κ3) is 9.68. The van der Waals surface area contributed by atoms with Crippen LogP contribution >= 0.6 is 23.0 Å². The highest BCUT2D eigenvalue weighted by atomic mass is 33.1. The largest absolute Gasteiger partial charge is 0.357 e. The first-order chi connectivity index (χ1) is 8.96. The van der Waals surface area contributed by atoms with Crippen LogP contribution in [0.4, 0.5) is 0 Å². The lowest BCUT2D eigenvalue weighted by Crippen LogP contribution is -2.27. The molecular formula is C13H27NO2S3. The fourth-order valence-electron chi connectivity index (χ4n) is 1.74. The highest BCUT2D eigenvalue weighted by molar-refractivity contribution is 8.79. The zero-order valence-electron chi connectivity index (χ0n) is 12.4. The standard InChI is InChI=1S/C13H27NO2S3/c1-4-7-8-9-10-11-12-19(15,16)18-13(17)14(5-2)6-3/h4-12H2,1-3H3. The normalized spacial score (nSPS) is 11.5. The Balaban J connectivity index is 3.95. The summed E-state index contributed by atoms with van der Waals surface area (Å²) in [6.45, 7) is 7.66. The van der Waals surface area contributed by atoms with Crippen molar-refractivity contribution in [3.8, 4) is 0 Å². The molecule has 0 heterocycles. The van der Waals surface area contributed by atoms with Gasteiger partial charge in [-0.2, -0.15) is 0 Å². The van der Waals surface area contributed by atoms with Crippen molar-refractivity contribution in [3.63, 3.8) is 0 Å². The second kappa shape index (κ2) is 10.9. The lowest BCUT2D eigenvalue weighted by Gasteiger charge is -2.20. The molecule has 0 amide bonds. The van der Waals surface area contributed by atoms with Crippen LogP contribution in [0.1, 0.15) is 59.3 Å². The van der Waals surface area contributed by atoms with Crippen LogP contribution in [0.5, 0.6) is 0 Å². The predicted octanol–water partition coefficient (Wildman–Crippen LogP) is 4.04. The monoisotopic (exact) mass is 325 g/mol. The van der Waals surface area contributed by atoms with Gasteiger partial charge < -0.3 is 4.90 Å². The van der Waals surface area contributed by atoms with Crippen molar-refractivity contribution < 1.29 is 8.42 Å². The van der Waals surface area contributed by atoms with Crippen molar-refractivity contribution >= 4 is 36.2 Å². The van der Waals surface area contributed by atoms with Crippen LogP contribution in [0.25, 0.3) is 0 Å². The lowest BCUT2D eigenvalue weighted by molar-refractivity contribution is 0.482. The Morgan fingerprint density at radius 2 is 1.53 bits per heavy atom. The zero-order chi connectivity index (χ0) is 14.7. The molecule has 0 aromatic heterocycles. The van der Waals surface area contributed by atoms with Crippen LogP contribution < -0.4 is 0 Å². The molecule has 114 valence electrons. The summed E-state index contributed by atoms with van der Waals surface area (Å²) in [7, 11) is -2.25. The SMILES string of the molecule is CCCCCCCCS(=O)(=O)SC(=S)N(CC)CC. The first-order valence-corrected chi connectivity index (χ1v) is 10.6. The van der Waals surface area contributed by atoms with Crippen LogP contribution in [0, 0.1) is 0 Å². The van der Waals surface area contributed by atoms with E-state index in [2.05, 4.69) is 6.92 Å². The van der Waals surface area contributed by atoms with Crippen molar-refractivity contribution in [3.05, 3.63) is 0 Å². The highest BCUT2D eigenvalue weighted by Gasteiger charge is 2.17. The van der Waals surface area contributed by atoms with Crippen molar-refractivity contribution in [2.75, 3.05) is 18.8 Å². The highest BCUT2D eigenvalue weighted by Crippen LogP contribution is 2.20. The van der Waals surface area contributed by atoms with E-state index >= 15 is 0 Å². The lowest BCUT2D eigenvalue weighted by atomic mass is 10.1. The molecule has 0 saturated carbocycles. The number of nitrogens with zero attached hydrogens (tertiary/aromatic N) is 1. The molecule has 6 heteroatoms. The van der Waals surface area contributed by atoms with E-state index in [4.69, 9.17) is 12.2 Å². The van der Waals surface area contributed by atoms with Gasteiger partial charge in [0.05, 0.1) is 5.75 Å². The topological polar surface area (TPSA) is 37.4 Å². The molecule has 0 aliphatic heterocycles. The van der Waals surface area contributed by atoms with Gasteiger partial charge in [-0.1, -0.05) is 51.2 Å². The van der Waals surface area contributed by atoms with Gasteiger partial charge in [-0.15, -0.1) is 0 Å². The van der Waals surface area contributed by atoms with Crippen LogP contribution in [-0.2, 0) is 8.87 Å². The Morgan fingerprint density at radius 3 is 2.05 bits per heavy atom. The molecule has 19 heavy (non-hydrogen) atoms. The first kappa shape index (κ1) is 19.2. The van der Waals surface area contributed by atoms with E-state index in [0.29, 0.717) is 4.32 Å². The van der Waals surface area contributed by atoms with Gasteiger partial charge >= 0.3 is 0 Å². The molecular weight excluding hydrogens is 298 g/mol. The molecule has 3 nitrogen and oxygen atoms in total. The van der Waals surface area contributed by atoms with Crippen LogP contribution in [0.15, 0.2) is 0 Å². The van der Waals surface area contributed by atoms with Crippen LogP contribution in [0.3, 0.4) is 0 Å². The maximum absolute atomic E-state index is 11.9. The summed E-state index contributed by atoms with van der Waals surface area (Å²) in [4.78, 5) is 1.90. The van der Waals surface area contributed by atoms with E-state index in [1.54, 1.807) is 0 Å². The van der Waals surface area contributed by atoms with E-state index in [0.717, 1.165) is 43.1 Å². The molecule has 0 unspecified atom stereocenters. The fourth-order valence-corrected chi connectivity index (χ4v) is 5.73. The molecule has 0 rings (SSSR count). The van der Waals surface area contributed by atoms with Crippen molar-refractivity contribution in [1.29, 1.82) is 0 Å². The van der Waals surface area contributed by atoms with Crippen molar-refractivity contribution in [1.82, 2.24) is 4.90 Å². The molecule has 0 aliphatic carbocycles. The summed E-state index contributed by atoms with van der Waals surface area (Å²) in [6, 6.07) is 0. The zero-order valence-corrected chi connectivity index (χ0v) is 14.8. The molecule has 0 atom stereocenters. The number of thiocarbonyl (C=S) groups is 1. The molecule has 0 aromatic rings. The van der Waals surface area contributed by atoms with Crippen molar-refractivity contribution in [2.45, 2.75) is 59.3 Å². The molecule has 0 radical (unpaired) electrons. The molecule has 0 bridgehead atoms. The van der Waals surface area contributed by atoms with E-state index in [9.17, 15) is 8.42 Å². The predicted molar refractivity (Wildman–Crippen MR) is 90.3 cm³/mol. The maximum Gasteiger partial charge on any atom is 0.208 e. The molecule has 0 aliphatic rings. The second-order valence-electron chi connectivity index (χ2n) is 4.55. The number of rotatable bonds is 10. The summed E-state index contributed by atoms with van der Waals surface area (Å²) in [6.07, 6.45) is 6.55. The second-order valence-corrected chi connectivity index (χ2v) is 9.30. The van der Waals surface area contributed by atoms with E-state index in [1.165, 1.54) is 19.3 Å². The quantitative estimate of drug-likeness (QED) is 0.344. The third-order valence-corrected chi connectivity index (χ3v) is 6.97.